The third kappa shape index (κ3) is 3.91. The van der Waals surface area contributed by atoms with Crippen molar-refractivity contribution in [3.8, 4) is 0 Å². The first kappa shape index (κ1) is 20.0. The van der Waals surface area contributed by atoms with Crippen LogP contribution in [0.4, 0.5) is 30.2 Å². The predicted molar refractivity (Wildman–Crippen MR) is 110 cm³/mol. The highest BCUT2D eigenvalue weighted by Crippen LogP contribution is 2.36. The quantitative estimate of drug-likeness (QED) is 0.526. The molecular weight excluding hydrogens is 419 g/mol. The van der Waals surface area contributed by atoms with Gasteiger partial charge in [0.05, 0.1) is 22.7 Å². The summed E-state index contributed by atoms with van der Waals surface area (Å²) in [6.45, 7) is 0. The van der Waals surface area contributed by atoms with Crippen LogP contribution in [0.5, 0.6) is 0 Å². The maximum absolute atomic E-state index is 13.0. The van der Waals surface area contributed by atoms with Gasteiger partial charge in [-0.05, 0) is 35.7 Å². The van der Waals surface area contributed by atoms with Crippen molar-refractivity contribution in [3.05, 3.63) is 65.2 Å². The van der Waals surface area contributed by atoms with Crippen LogP contribution in [0.1, 0.15) is 12.0 Å². The van der Waals surface area contributed by atoms with E-state index in [1.54, 1.807) is 12.1 Å². The number of halogens is 4. The van der Waals surface area contributed by atoms with Crippen LogP contribution in [0.15, 0.2) is 54.6 Å². The summed E-state index contributed by atoms with van der Waals surface area (Å²) in [6, 6.07) is 13.2. The molecule has 2 amide bonds. The number of alkyl halides is 3. The topological polar surface area (TPSA) is 70.2 Å². The van der Waals surface area contributed by atoms with E-state index in [0.717, 1.165) is 22.9 Å². The summed E-state index contributed by atoms with van der Waals surface area (Å²) in [5.74, 6) is -1.03. The van der Waals surface area contributed by atoms with Crippen LogP contribution < -0.4 is 16.0 Å². The van der Waals surface area contributed by atoms with Gasteiger partial charge < -0.3 is 16.0 Å². The largest absolute Gasteiger partial charge is 0.417 e. The van der Waals surface area contributed by atoms with Gasteiger partial charge in [0.15, 0.2) is 0 Å². The molecule has 0 saturated heterocycles. The Hall–Kier alpha value is -3.26. The van der Waals surface area contributed by atoms with Crippen molar-refractivity contribution in [3.63, 3.8) is 0 Å². The van der Waals surface area contributed by atoms with Gasteiger partial charge in [-0.3, -0.25) is 9.59 Å². The Bertz CT molecular complexity index is 1160. The van der Waals surface area contributed by atoms with Gasteiger partial charge in [-0.25, -0.2) is 0 Å². The maximum Gasteiger partial charge on any atom is 0.417 e. The fourth-order valence-electron chi connectivity index (χ4n) is 3.40. The number of nitrogens with one attached hydrogen (secondary N) is 3. The lowest BCUT2D eigenvalue weighted by atomic mass is 10.1. The molecule has 3 aromatic rings. The Morgan fingerprint density at radius 2 is 1.77 bits per heavy atom. The highest BCUT2D eigenvalue weighted by Gasteiger charge is 2.33. The Morgan fingerprint density at radius 1 is 1.07 bits per heavy atom. The Kier molecular flexibility index (Phi) is 5.03. The van der Waals surface area contributed by atoms with Crippen LogP contribution in [-0.4, -0.2) is 17.9 Å². The molecule has 0 bridgehead atoms. The third-order valence-corrected chi connectivity index (χ3v) is 5.08. The maximum atomic E-state index is 13.0. The van der Waals surface area contributed by atoms with Crippen molar-refractivity contribution < 1.29 is 22.8 Å². The van der Waals surface area contributed by atoms with Crippen molar-refractivity contribution in [2.45, 2.75) is 18.6 Å². The van der Waals surface area contributed by atoms with Crippen molar-refractivity contribution in [2.24, 2.45) is 0 Å². The summed E-state index contributed by atoms with van der Waals surface area (Å²) >= 11 is 5.60. The first-order chi connectivity index (χ1) is 14.2. The molecule has 5 nitrogen and oxygen atoms in total. The first-order valence-corrected chi connectivity index (χ1v) is 9.36. The first-order valence-electron chi connectivity index (χ1n) is 8.98. The molecule has 0 unspecified atom stereocenters. The summed E-state index contributed by atoms with van der Waals surface area (Å²) < 4.78 is 39.0. The van der Waals surface area contributed by atoms with E-state index in [1.165, 1.54) is 6.07 Å². The molecule has 0 aliphatic carbocycles. The van der Waals surface area contributed by atoms with Gasteiger partial charge in [-0.15, -0.1) is 0 Å². The van der Waals surface area contributed by atoms with Gasteiger partial charge >= 0.3 is 6.18 Å². The highest BCUT2D eigenvalue weighted by molar-refractivity contribution is 6.31. The van der Waals surface area contributed by atoms with Gasteiger partial charge in [0.25, 0.3) is 0 Å². The van der Waals surface area contributed by atoms with Crippen molar-refractivity contribution in [1.29, 1.82) is 0 Å². The van der Waals surface area contributed by atoms with E-state index in [1.807, 2.05) is 24.3 Å². The van der Waals surface area contributed by atoms with Crippen LogP contribution in [0, 0.1) is 0 Å². The second-order valence-electron chi connectivity index (χ2n) is 6.84. The van der Waals surface area contributed by atoms with Crippen molar-refractivity contribution in [1.82, 2.24) is 0 Å². The highest BCUT2D eigenvalue weighted by atomic mass is 35.5. The van der Waals surface area contributed by atoms with Crippen LogP contribution in [-0.2, 0) is 15.8 Å². The second kappa shape index (κ2) is 7.53. The van der Waals surface area contributed by atoms with Crippen LogP contribution in [0.2, 0.25) is 5.02 Å². The Balaban J connectivity index is 1.54. The number of hydrogen-bond acceptors (Lipinski definition) is 3. The van der Waals surface area contributed by atoms with E-state index in [-0.39, 0.29) is 12.1 Å². The van der Waals surface area contributed by atoms with Gasteiger partial charge in [0.1, 0.15) is 6.04 Å². The summed E-state index contributed by atoms with van der Waals surface area (Å²) in [4.78, 5) is 25.1. The molecule has 3 aromatic carbocycles. The minimum absolute atomic E-state index is 0.0591. The molecule has 0 saturated carbocycles. The molecule has 1 heterocycles. The Morgan fingerprint density at radius 3 is 2.47 bits per heavy atom. The molecule has 0 spiro atoms. The number of amides is 2. The van der Waals surface area contributed by atoms with E-state index < -0.39 is 34.6 Å². The standard InChI is InChI=1S/C21H15ClF3N3O2/c22-14-8-7-12(9-13(14)21(23,24)25)26-18(29)10-17-20(30)28-16-6-2-4-11-3-1-5-15(27-17)19(11)16/h1-9,17,27H,10H2,(H,26,29)(H,28,30)/t17-/m0/s1. The molecule has 9 heteroatoms. The fourth-order valence-corrected chi connectivity index (χ4v) is 3.62. The number of rotatable bonds is 3. The van der Waals surface area contributed by atoms with Crippen LogP contribution >= 0.6 is 11.6 Å². The minimum Gasteiger partial charge on any atom is -0.373 e. The van der Waals surface area contributed by atoms with Crippen LogP contribution in [0.3, 0.4) is 0 Å². The van der Waals surface area contributed by atoms with E-state index in [9.17, 15) is 22.8 Å². The average molecular weight is 434 g/mol. The molecule has 0 aromatic heterocycles. The predicted octanol–water partition coefficient (Wildman–Crippen LogP) is 5.27. The molecule has 3 N–H and O–H groups in total. The molecule has 1 aliphatic rings. The summed E-state index contributed by atoms with van der Waals surface area (Å²) in [5.41, 5.74) is 0.201. The molecule has 1 atom stereocenters. The third-order valence-electron chi connectivity index (χ3n) is 4.75. The molecular formula is C21H15ClF3N3O2. The summed E-state index contributed by atoms with van der Waals surface area (Å²) in [7, 11) is 0. The number of benzene rings is 3. The zero-order valence-corrected chi connectivity index (χ0v) is 16.1. The zero-order chi connectivity index (χ0) is 21.5. The summed E-state index contributed by atoms with van der Waals surface area (Å²) in [5, 5.41) is 9.54. The Labute approximate surface area is 174 Å². The second-order valence-corrected chi connectivity index (χ2v) is 7.25. The molecule has 4 rings (SSSR count). The zero-order valence-electron chi connectivity index (χ0n) is 15.3. The van der Waals surface area contributed by atoms with Gasteiger partial charge in [-0.2, -0.15) is 13.2 Å². The average Bonchev–Trinajstić information content (AvgIpc) is 2.81. The molecule has 30 heavy (non-hydrogen) atoms. The van der Waals surface area contributed by atoms with Gasteiger partial charge in [0, 0.05) is 16.8 Å². The van der Waals surface area contributed by atoms with Crippen molar-refractivity contribution in [2.75, 3.05) is 16.0 Å². The van der Waals surface area contributed by atoms with Crippen LogP contribution in [0.25, 0.3) is 10.8 Å². The minimum atomic E-state index is -4.65. The van der Waals surface area contributed by atoms with E-state index in [0.29, 0.717) is 11.4 Å². The van der Waals surface area contributed by atoms with Gasteiger partial charge in [-0.1, -0.05) is 35.9 Å². The smallest absolute Gasteiger partial charge is 0.373 e. The van der Waals surface area contributed by atoms with Gasteiger partial charge in [0.2, 0.25) is 11.8 Å². The van der Waals surface area contributed by atoms with E-state index >= 15 is 0 Å². The molecule has 0 fully saturated rings. The van der Waals surface area contributed by atoms with E-state index in [4.69, 9.17) is 11.6 Å². The SMILES string of the molecule is O=C(C[C@@H]1Nc2cccc3cccc(c23)NC1=O)Nc1ccc(Cl)c(C(F)(F)F)c1. The number of carbonyl (C=O) groups is 2. The lowest BCUT2D eigenvalue weighted by Gasteiger charge is -2.17. The monoisotopic (exact) mass is 433 g/mol. The molecule has 154 valence electrons. The lowest BCUT2D eigenvalue weighted by molar-refractivity contribution is -0.137. The molecule has 1 aliphatic heterocycles. The fraction of sp³-hybridized carbons (Fsp3) is 0.143. The molecule has 0 radical (unpaired) electrons. The normalized spacial score (nSPS) is 15.9. The van der Waals surface area contributed by atoms with E-state index in [2.05, 4.69) is 16.0 Å². The summed E-state index contributed by atoms with van der Waals surface area (Å²) in [6.07, 6.45) is -4.93. The number of hydrogen-bond donors (Lipinski definition) is 3. The number of anilines is 3. The lowest BCUT2D eigenvalue weighted by Crippen LogP contribution is -2.36. The van der Waals surface area contributed by atoms with Crippen molar-refractivity contribution >= 4 is 51.2 Å². The number of carbonyl (C=O) groups excluding carboxylic acids is 2.